The normalized spacial score (nSPS) is 20.7. The summed E-state index contributed by atoms with van der Waals surface area (Å²) in [5, 5.41) is 12.0. The summed E-state index contributed by atoms with van der Waals surface area (Å²) < 4.78 is 4.86. The number of allylic oxidation sites excluding steroid dienone is 1. The summed E-state index contributed by atoms with van der Waals surface area (Å²) in [6.45, 7) is 9.07. The number of carbonyl (C=O) groups excluding carboxylic acids is 3. The standard InChI is InChI=1S/C25H25N7O6/c1-12-11-31(14(3)33)6-7-32(12)13(2)21(34)16-8-28-19-15(16)4-5-27-20(19)17-9-26-10-18(29-17)30-24(35)22-23(38-22)25(36)37/h4-5,8-10,12,22-23,28H,2,6-7,11H2,1,3H3,(H,36,37)(H,29,30,35)/t12-,22?,23?/m1/s1. The van der Waals surface area contributed by atoms with Gasteiger partial charge in [-0.3, -0.25) is 24.4 Å². The van der Waals surface area contributed by atoms with E-state index in [0.717, 1.165) is 0 Å². The number of hydrogen-bond acceptors (Lipinski definition) is 9. The van der Waals surface area contributed by atoms with Gasteiger partial charge in [-0.25, -0.2) is 9.78 Å². The van der Waals surface area contributed by atoms with Crippen LogP contribution in [0.3, 0.4) is 0 Å². The number of amides is 2. The Hall–Kier alpha value is -4.65. The summed E-state index contributed by atoms with van der Waals surface area (Å²) in [7, 11) is 0. The van der Waals surface area contributed by atoms with Gasteiger partial charge < -0.3 is 29.9 Å². The van der Waals surface area contributed by atoms with Gasteiger partial charge in [-0.05, 0) is 13.0 Å². The molecule has 0 spiro atoms. The van der Waals surface area contributed by atoms with E-state index in [2.05, 4.69) is 31.8 Å². The van der Waals surface area contributed by atoms with Crippen LogP contribution in [0.4, 0.5) is 5.82 Å². The highest BCUT2D eigenvalue weighted by atomic mass is 16.6. The van der Waals surface area contributed by atoms with Crippen LogP contribution in [0.5, 0.6) is 0 Å². The molecule has 3 aromatic rings. The molecule has 0 saturated carbocycles. The van der Waals surface area contributed by atoms with E-state index in [1.165, 1.54) is 19.3 Å². The minimum atomic E-state index is -1.21. The Kier molecular flexibility index (Phi) is 6.36. The van der Waals surface area contributed by atoms with Gasteiger partial charge in [0.1, 0.15) is 11.4 Å². The molecule has 2 unspecified atom stereocenters. The van der Waals surface area contributed by atoms with Crippen LogP contribution in [0.25, 0.3) is 22.3 Å². The quantitative estimate of drug-likeness (QED) is 0.233. The number of piperazine rings is 1. The minimum absolute atomic E-state index is 0.00200. The number of epoxide rings is 1. The Labute approximate surface area is 216 Å². The number of fused-ring (bicyclic) bond motifs is 1. The predicted molar refractivity (Wildman–Crippen MR) is 134 cm³/mol. The molecule has 0 bridgehead atoms. The summed E-state index contributed by atoms with van der Waals surface area (Å²) in [6, 6.07) is 1.65. The van der Waals surface area contributed by atoms with E-state index in [9.17, 15) is 19.2 Å². The third-order valence-corrected chi connectivity index (χ3v) is 6.65. The van der Waals surface area contributed by atoms with Crippen molar-refractivity contribution in [1.29, 1.82) is 0 Å². The number of carboxylic acid groups (broad SMARTS) is 1. The lowest BCUT2D eigenvalue weighted by molar-refractivity contribution is -0.138. The number of Topliss-reactive ketones (excluding diaryl/α,β-unsaturated/α-hetero) is 1. The van der Waals surface area contributed by atoms with Crippen LogP contribution in [0.1, 0.15) is 24.2 Å². The Bertz CT molecular complexity index is 1480. The third-order valence-electron chi connectivity index (χ3n) is 6.65. The number of anilines is 1. The molecular formula is C25H25N7O6. The zero-order valence-electron chi connectivity index (χ0n) is 20.7. The van der Waals surface area contributed by atoms with Crippen LogP contribution in [-0.2, 0) is 19.1 Å². The topological polar surface area (TPSA) is 174 Å². The number of pyridine rings is 1. The van der Waals surface area contributed by atoms with Crippen molar-refractivity contribution in [2.45, 2.75) is 32.1 Å². The molecule has 13 heteroatoms. The lowest BCUT2D eigenvalue weighted by atomic mass is 10.0. The molecule has 5 heterocycles. The fourth-order valence-corrected chi connectivity index (χ4v) is 4.60. The molecule has 2 aliphatic rings. The first-order chi connectivity index (χ1) is 18.2. The number of aliphatic carboxylic acids is 1. The van der Waals surface area contributed by atoms with E-state index < -0.39 is 24.1 Å². The SMILES string of the molecule is C=C(C(=O)c1c[nH]c2c(-c3cncc(NC(=O)C4OC4C(=O)O)n3)nccc12)N1CCN(C(C)=O)C[C@H]1C. The fraction of sp³-hybridized carbons (Fsp3) is 0.320. The summed E-state index contributed by atoms with van der Waals surface area (Å²) in [6.07, 6.45) is 3.66. The zero-order valence-corrected chi connectivity index (χ0v) is 20.7. The number of nitrogens with one attached hydrogen (secondary N) is 2. The predicted octanol–water partition coefficient (Wildman–Crippen LogP) is 1.06. The first-order valence-electron chi connectivity index (χ1n) is 11.9. The van der Waals surface area contributed by atoms with Crippen LogP contribution in [0.15, 0.2) is 43.1 Å². The summed E-state index contributed by atoms with van der Waals surface area (Å²) in [4.78, 5) is 68.0. The molecule has 2 aliphatic heterocycles. The second kappa shape index (κ2) is 9.67. The average Bonchev–Trinajstić information content (AvgIpc) is 3.60. The number of rotatable bonds is 7. The monoisotopic (exact) mass is 519 g/mol. The van der Waals surface area contributed by atoms with E-state index in [4.69, 9.17) is 9.84 Å². The summed E-state index contributed by atoms with van der Waals surface area (Å²) in [5.74, 6) is -2.00. The second-order valence-corrected chi connectivity index (χ2v) is 9.16. The van der Waals surface area contributed by atoms with E-state index in [1.807, 2.05) is 11.8 Å². The van der Waals surface area contributed by atoms with Gasteiger partial charge in [0.25, 0.3) is 5.91 Å². The van der Waals surface area contributed by atoms with Gasteiger partial charge in [0.05, 0.1) is 23.6 Å². The van der Waals surface area contributed by atoms with Crippen molar-refractivity contribution < 1.29 is 29.0 Å². The Morgan fingerprint density at radius 2 is 2.00 bits per heavy atom. The van der Waals surface area contributed by atoms with Crippen molar-refractivity contribution >= 4 is 40.3 Å². The first-order valence-corrected chi connectivity index (χ1v) is 11.9. The number of hydrogen-bond donors (Lipinski definition) is 3. The highest BCUT2D eigenvalue weighted by molar-refractivity contribution is 6.16. The largest absolute Gasteiger partial charge is 0.479 e. The molecule has 5 rings (SSSR count). The summed E-state index contributed by atoms with van der Waals surface area (Å²) in [5.41, 5.74) is 2.04. The average molecular weight is 520 g/mol. The number of ether oxygens (including phenoxy) is 1. The van der Waals surface area contributed by atoms with E-state index in [-0.39, 0.29) is 23.6 Å². The van der Waals surface area contributed by atoms with Crippen molar-refractivity contribution in [3.05, 3.63) is 48.7 Å². The maximum Gasteiger partial charge on any atom is 0.336 e. The van der Waals surface area contributed by atoms with E-state index in [1.54, 1.807) is 23.4 Å². The molecular weight excluding hydrogens is 494 g/mol. The molecule has 3 N–H and O–H groups in total. The van der Waals surface area contributed by atoms with Gasteiger partial charge in [-0.2, -0.15) is 0 Å². The smallest absolute Gasteiger partial charge is 0.336 e. The number of H-pyrrole nitrogens is 1. The lowest BCUT2D eigenvalue weighted by Crippen LogP contribution is -2.53. The van der Waals surface area contributed by atoms with Gasteiger partial charge in [0.2, 0.25) is 11.7 Å². The molecule has 2 amide bonds. The number of ketones is 1. The van der Waals surface area contributed by atoms with Gasteiger partial charge in [-0.15, -0.1) is 0 Å². The maximum atomic E-state index is 13.5. The first kappa shape index (κ1) is 25.0. The fourth-order valence-electron chi connectivity index (χ4n) is 4.60. The number of carbonyl (C=O) groups is 4. The van der Waals surface area contributed by atoms with Crippen LogP contribution in [-0.4, -0.2) is 96.3 Å². The molecule has 38 heavy (non-hydrogen) atoms. The molecule has 0 aromatic carbocycles. The molecule has 3 atom stereocenters. The van der Waals surface area contributed by atoms with Crippen LogP contribution >= 0.6 is 0 Å². The highest BCUT2D eigenvalue weighted by Crippen LogP contribution is 2.30. The highest BCUT2D eigenvalue weighted by Gasteiger charge is 2.50. The van der Waals surface area contributed by atoms with Gasteiger partial charge in [-0.1, -0.05) is 6.58 Å². The number of aromatic nitrogens is 4. The number of aromatic amines is 1. The van der Waals surface area contributed by atoms with Crippen LogP contribution < -0.4 is 5.32 Å². The van der Waals surface area contributed by atoms with E-state index in [0.29, 0.717) is 53.2 Å². The third kappa shape index (κ3) is 4.59. The molecule has 0 aliphatic carbocycles. The zero-order chi connectivity index (χ0) is 27.1. The molecule has 3 aromatic heterocycles. The van der Waals surface area contributed by atoms with Crippen molar-refractivity contribution in [1.82, 2.24) is 29.7 Å². The number of carboxylic acids is 1. The van der Waals surface area contributed by atoms with Crippen molar-refractivity contribution in [3.63, 3.8) is 0 Å². The van der Waals surface area contributed by atoms with Gasteiger partial charge in [0.15, 0.2) is 18.0 Å². The summed E-state index contributed by atoms with van der Waals surface area (Å²) >= 11 is 0. The lowest BCUT2D eigenvalue weighted by Gasteiger charge is -2.41. The molecule has 0 radical (unpaired) electrons. The molecule has 13 nitrogen and oxygen atoms in total. The van der Waals surface area contributed by atoms with Crippen LogP contribution in [0.2, 0.25) is 0 Å². The molecule has 2 saturated heterocycles. The molecule has 196 valence electrons. The van der Waals surface area contributed by atoms with Crippen molar-refractivity contribution in [2.75, 3.05) is 25.0 Å². The molecule has 2 fully saturated rings. The van der Waals surface area contributed by atoms with Gasteiger partial charge in [0, 0.05) is 55.9 Å². The minimum Gasteiger partial charge on any atom is -0.479 e. The Morgan fingerprint density at radius 3 is 2.68 bits per heavy atom. The number of nitrogens with zero attached hydrogens (tertiary/aromatic N) is 5. The van der Waals surface area contributed by atoms with Crippen molar-refractivity contribution in [2.24, 2.45) is 0 Å². The van der Waals surface area contributed by atoms with Crippen molar-refractivity contribution in [3.8, 4) is 11.4 Å². The Balaban J connectivity index is 1.37. The van der Waals surface area contributed by atoms with Crippen LogP contribution in [0, 0.1) is 0 Å². The Morgan fingerprint density at radius 1 is 1.21 bits per heavy atom. The van der Waals surface area contributed by atoms with E-state index >= 15 is 0 Å². The maximum absolute atomic E-state index is 13.5. The second-order valence-electron chi connectivity index (χ2n) is 9.16. The van der Waals surface area contributed by atoms with Gasteiger partial charge >= 0.3 is 5.97 Å².